The number of hydrogen-bond donors (Lipinski definition) is 7. The molecule has 0 saturated carbocycles. The molecule has 2 unspecified atom stereocenters. The number of amides is 4. The molecule has 2 saturated heterocycles. The van der Waals surface area contributed by atoms with Gasteiger partial charge in [0.15, 0.2) is 6.73 Å². The topological polar surface area (TPSA) is 232 Å². The number of carboxylic acid groups (broad SMARTS) is 1. The van der Waals surface area contributed by atoms with Crippen LogP contribution >= 0.6 is 0 Å². The lowest BCUT2D eigenvalue weighted by atomic mass is 9.72. The van der Waals surface area contributed by atoms with Gasteiger partial charge in [-0.15, -0.1) is 0 Å². The molecule has 4 amide bonds. The maximum absolute atomic E-state index is 13.2. The largest absolute Gasteiger partial charge is 0.547 e. The van der Waals surface area contributed by atoms with E-state index in [0.29, 0.717) is 28.5 Å². The van der Waals surface area contributed by atoms with Crippen LogP contribution in [-0.4, -0.2) is 140 Å². The molecule has 4 heterocycles. The normalized spacial score (nSPS) is 19.0. The van der Waals surface area contributed by atoms with Gasteiger partial charge < -0.3 is 60.3 Å². The first-order chi connectivity index (χ1) is 28.3. The molecule has 3 aromatic carbocycles. The van der Waals surface area contributed by atoms with E-state index < -0.39 is 50.0 Å². The van der Waals surface area contributed by atoms with Gasteiger partial charge in [0.1, 0.15) is 17.1 Å². The number of aromatic carboxylic acids is 1. The second-order valence-electron chi connectivity index (χ2n) is 15.3. The van der Waals surface area contributed by atoms with Crippen molar-refractivity contribution in [1.82, 2.24) is 25.8 Å². The van der Waals surface area contributed by atoms with Crippen LogP contribution in [-0.2, 0) is 27.2 Å². The number of ether oxygens (including phenoxy) is 1. The summed E-state index contributed by atoms with van der Waals surface area (Å²) in [6, 6.07) is 16.5. The highest BCUT2D eigenvalue weighted by atomic mass is 16.6. The molecule has 7 rings (SSSR count). The third-order valence-corrected chi connectivity index (χ3v) is 11.2. The van der Waals surface area contributed by atoms with Gasteiger partial charge in [-0.05, 0) is 93.3 Å². The van der Waals surface area contributed by atoms with E-state index in [2.05, 4.69) is 21.3 Å². The standard InChI is InChI=1S/C39H47B2N7O11/c1-46(28-13-15-42-16-14-28)21-33(49)44-31-17-24-6-4-8-30(35(24)59-40(31)55)38(53)57-22-47(2)27-11-9-26(10-12-27)43-39(54)48-19-25(20-48)36(50)45-32-18-23-5-3-7-29(37(51)52)34(23)58-41(32)56/h3-12,25,28,31-32,42,55-56H,13-22H2,1-2H3,(H,43,54)(H,44,49)(H,45,50)(H,51,52). The van der Waals surface area contributed by atoms with Crippen molar-refractivity contribution >= 4 is 55.4 Å². The summed E-state index contributed by atoms with van der Waals surface area (Å²) in [5.41, 5.74) is 2.49. The number of anilines is 2. The molecule has 59 heavy (non-hydrogen) atoms. The van der Waals surface area contributed by atoms with Gasteiger partial charge in [-0.2, -0.15) is 0 Å². The number of carbonyl (C=O) groups is 5. The molecule has 0 aromatic heterocycles. The number of nitrogens with zero attached hydrogens (tertiary/aromatic N) is 3. The van der Waals surface area contributed by atoms with Gasteiger partial charge in [0.05, 0.1) is 29.9 Å². The summed E-state index contributed by atoms with van der Waals surface area (Å²) in [6.45, 7) is 2.24. The Bertz CT molecular complexity index is 2070. The summed E-state index contributed by atoms with van der Waals surface area (Å²) in [7, 11) is 0.860. The Kier molecular flexibility index (Phi) is 12.6. The van der Waals surface area contributed by atoms with E-state index in [0.717, 1.165) is 25.9 Å². The van der Waals surface area contributed by atoms with Gasteiger partial charge in [0.2, 0.25) is 11.8 Å². The van der Waals surface area contributed by atoms with Crippen molar-refractivity contribution < 1.29 is 53.2 Å². The van der Waals surface area contributed by atoms with Crippen LogP contribution < -0.4 is 35.5 Å². The van der Waals surface area contributed by atoms with Gasteiger partial charge >= 0.3 is 32.2 Å². The van der Waals surface area contributed by atoms with Crippen molar-refractivity contribution in [2.75, 3.05) is 63.8 Å². The summed E-state index contributed by atoms with van der Waals surface area (Å²) in [5.74, 6) is -4.09. The quantitative estimate of drug-likeness (QED) is 0.0745. The van der Waals surface area contributed by atoms with Crippen molar-refractivity contribution in [2.24, 2.45) is 5.92 Å². The Hall–Kier alpha value is -5.82. The number of rotatable bonds is 12. The zero-order valence-corrected chi connectivity index (χ0v) is 32.8. The second-order valence-corrected chi connectivity index (χ2v) is 15.3. The van der Waals surface area contributed by atoms with Crippen molar-refractivity contribution in [2.45, 2.75) is 43.6 Å². The van der Waals surface area contributed by atoms with E-state index in [1.54, 1.807) is 66.5 Å². The van der Waals surface area contributed by atoms with Gasteiger partial charge in [-0.3, -0.25) is 14.5 Å². The lowest BCUT2D eigenvalue weighted by Crippen LogP contribution is -2.61. The van der Waals surface area contributed by atoms with E-state index >= 15 is 0 Å². The number of urea groups is 1. The second kappa shape index (κ2) is 18.0. The van der Waals surface area contributed by atoms with Crippen molar-refractivity contribution in [3.8, 4) is 11.5 Å². The first-order valence-corrected chi connectivity index (χ1v) is 19.6. The lowest BCUT2D eigenvalue weighted by molar-refractivity contribution is -0.129. The van der Waals surface area contributed by atoms with Crippen LogP contribution in [0, 0.1) is 5.92 Å². The van der Waals surface area contributed by atoms with Crippen LogP contribution in [0.5, 0.6) is 11.5 Å². The minimum atomic E-state index is -1.43. The van der Waals surface area contributed by atoms with Crippen LogP contribution in [0.4, 0.5) is 16.2 Å². The molecule has 20 heteroatoms. The number of piperidine rings is 1. The number of likely N-dealkylation sites (N-methyl/N-ethyl adjacent to an activating group) is 1. The van der Waals surface area contributed by atoms with Gasteiger partial charge in [0.25, 0.3) is 0 Å². The fourth-order valence-corrected chi connectivity index (χ4v) is 7.70. The van der Waals surface area contributed by atoms with Crippen molar-refractivity contribution in [1.29, 1.82) is 0 Å². The Labute approximate surface area is 341 Å². The Balaban J connectivity index is 0.841. The summed E-state index contributed by atoms with van der Waals surface area (Å²) in [5, 5.41) is 42.4. The number of esters is 1. The fraction of sp³-hybridized carbons (Fsp3) is 0.410. The molecule has 2 atom stereocenters. The van der Waals surface area contributed by atoms with Gasteiger partial charge in [0, 0.05) is 37.6 Å². The maximum atomic E-state index is 13.2. The fourth-order valence-electron chi connectivity index (χ4n) is 7.70. The molecule has 7 N–H and O–H groups in total. The predicted molar refractivity (Wildman–Crippen MR) is 216 cm³/mol. The first kappa shape index (κ1) is 41.3. The molecule has 0 bridgehead atoms. The lowest BCUT2D eigenvalue weighted by Gasteiger charge is -2.39. The summed E-state index contributed by atoms with van der Waals surface area (Å²) in [4.78, 5) is 68.6. The molecule has 0 spiro atoms. The molecule has 4 aliphatic heterocycles. The molecule has 2 fully saturated rings. The van der Waals surface area contributed by atoms with E-state index in [4.69, 9.17) is 14.0 Å². The number of nitrogens with one attached hydrogen (secondary N) is 4. The SMILES string of the molecule is CN(COC(=O)c1cccc2c1OB(O)C(NC(=O)CN(C)C1CCNCC1)C2)c1ccc(NC(=O)N2CC(C(=O)NC3Cc4cccc(C(=O)O)c4OB3O)C2)cc1. The molecule has 310 valence electrons. The number of para-hydroxylation sites is 2. The zero-order valence-electron chi connectivity index (χ0n) is 32.8. The predicted octanol–water partition coefficient (Wildman–Crippen LogP) is 0.362. The Morgan fingerprint density at radius 3 is 2.07 bits per heavy atom. The maximum Gasteiger partial charge on any atom is 0.547 e. The third-order valence-electron chi connectivity index (χ3n) is 11.2. The Morgan fingerprint density at radius 1 is 0.847 bits per heavy atom. The van der Waals surface area contributed by atoms with E-state index in [1.807, 2.05) is 11.9 Å². The smallest absolute Gasteiger partial charge is 0.534 e. The van der Waals surface area contributed by atoms with E-state index in [-0.39, 0.29) is 73.6 Å². The molecule has 4 aliphatic rings. The van der Waals surface area contributed by atoms with E-state index in [9.17, 15) is 39.1 Å². The average Bonchev–Trinajstić information content (AvgIpc) is 3.20. The number of likely N-dealkylation sites (tertiary alicyclic amines) is 1. The zero-order chi connectivity index (χ0) is 41.8. The van der Waals surface area contributed by atoms with Gasteiger partial charge in [-0.25, -0.2) is 14.4 Å². The highest BCUT2D eigenvalue weighted by Crippen LogP contribution is 2.32. The van der Waals surface area contributed by atoms with Crippen LogP contribution in [0.15, 0.2) is 60.7 Å². The first-order valence-electron chi connectivity index (χ1n) is 19.6. The van der Waals surface area contributed by atoms with Crippen LogP contribution in [0.25, 0.3) is 0 Å². The minimum absolute atomic E-state index is 0.0688. The van der Waals surface area contributed by atoms with Crippen LogP contribution in [0.3, 0.4) is 0 Å². The summed E-state index contributed by atoms with van der Waals surface area (Å²) in [6.07, 6.45) is 2.38. The highest BCUT2D eigenvalue weighted by molar-refractivity contribution is 6.47. The van der Waals surface area contributed by atoms with Crippen LogP contribution in [0.2, 0.25) is 0 Å². The summed E-state index contributed by atoms with van der Waals surface area (Å²) >= 11 is 0. The van der Waals surface area contributed by atoms with Crippen molar-refractivity contribution in [3.63, 3.8) is 0 Å². The molecule has 0 aliphatic carbocycles. The molecule has 18 nitrogen and oxygen atoms in total. The molecule has 3 aromatic rings. The average molecular weight is 811 g/mol. The molecular formula is C39H47B2N7O11. The Morgan fingerprint density at radius 2 is 1.44 bits per heavy atom. The number of hydrogen-bond acceptors (Lipinski definition) is 13. The van der Waals surface area contributed by atoms with E-state index in [1.165, 1.54) is 11.0 Å². The molecular weight excluding hydrogens is 764 g/mol. The summed E-state index contributed by atoms with van der Waals surface area (Å²) < 4.78 is 16.8. The number of fused-ring (bicyclic) bond motifs is 2. The third kappa shape index (κ3) is 9.57. The van der Waals surface area contributed by atoms with Gasteiger partial charge in [-0.1, -0.05) is 24.3 Å². The number of carbonyl (C=O) groups excluding carboxylic acids is 4. The number of benzene rings is 3. The highest BCUT2D eigenvalue weighted by Gasteiger charge is 2.42. The minimum Gasteiger partial charge on any atom is -0.534 e. The monoisotopic (exact) mass is 811 g/mol. The molecule has 0 radical (unpaired) electrons. The number of carboxylic acids is 1. The van der Waals surface area contributed by atoms with Crippen LogP contribution in [0.1, 0.15) is 44.7 Å². The van der Waals surface area contributed by atoms with Crippen molar-refractivity contribution in [3.05, 3.63) is 82.9 Å².